The molecule has 0 unspecified atom stereocenters. The van der Waals surface area contributed by atoms with E-state index in [2.05, 4.69) is 148 Å². The summed E-state index contributed by atoms with van der Waals surface area (Å²) in [5.74, 6) is 0. The van der Waals surface area contributed by atoms with E-state index >= 15 is 0 Å². The molecule has 1 fully saturated rings. The Kier molecular flexibility index (Phi) is 12.6. The number of rotatable bonds is 5. The summed E-state index contributed by atoms with van der Waals surface area (Å²) in [6.07, 6.45) is 6.28. The Hall–Kier alpha value is -2.25. The molecule has 0 atom stereocenters. The van der Waals surface area contributed by atoms with Gasteiger partial charge in [0, 0.05) is 16.8 Å². The molecule has 0 amide bonds. The maximum Gasteiger partial charge on any atom is 0.225 e. The fourth-order valence-electron chi connectivity index (χ4n) is 5.98. The summed E-state index contributed by atoms with van der Waals surface area (Å²) in [5.41, 5.74) is 3.86. The van der Waals surface area contributed by atoms with Gasteiger partial charge in [-0.15, -0.1) is 0 Å². The minimum Gasteiger partial charge on any atom is -0.412 e. The highest BCUT2D eigenvalue weighted by Crippen LogP contribution is 2.44. The Bertz CT molecular complexity index is 1420. The van der Waals surface area contributed by atoms with Crippen LogP contribution < -0.4 is 0 Å². The number of aliphatic hydroxyl groups excluding tert-OH is 1. The molecular weight excluding hydrogens is 619 g/mol. The summed E-state index contributed by atoms with van der Waals surface area (Å²) >= 11 is 2.36. The van der Waals surface area contributed by atoms with E-state index in [0.717, 1.165) is 6.61 Å². The molecule has 2 nitrogen and oxygen atoms in total. The molecular formula is C36H45IO2Si. The maximum absolute atomic E-state index is 9.06. The summed E-state index contributed by atoms with van der Waals surface area (Å²) in [7, 11) is -1.56. The number of hydrogen-bond donors (Lipinski definition) is 1. The number of fused-ring (bicyclic) bond motifs is 2. The van der Waals surface area contributed by atoms with Crippen molar-refractivity contribution in [3.63, 3.8) is 0 Å². The first-order chi connectivity index (χ1) is 19.3. The molecule has 0 saturated carbocycles. The Morgan fingerprint density at radius 1 is 0.825 bits per heavy atom. The molecule has 40 heavy (non-hydrogen) atoms. The fraction of sp³-hybridized carbons (Fsp3) is 0.333. The highest BCUT2D eigenvalue weighted by atomic mass is 127. The summed E-state index contributed by atoms with van der Waals surface area (Å²) in [4.78, 5) is 0. The first-order valence-corrected chi connectivity index (χ1v) is 17.6. The van der Waals surface area contributed by atoms with Crippen LogP contribution in [0.3, 0.4) is 0 Å². The molecule has 0 aliphatic carbocycles. The van der Waals surface area contributed by atoms with Gasteiger partial charge in [-0.3, -0.25) is 0 Å². The summed E-state index contributed by atoms with van der Waals surface area (Å²) in [6, 6.07) is 29.4. The normalized spacial score (nSPS) is 15.8. The molecule has 0 aromatic heterocycles. The van der Waals surface area contributed by atoms with Crippen molar-refractivity contribution >= 4 is 58.0 Å². The third-order valence-corrected chi connectivity index (χ3v) is 14.5. The minimum atomic E-state index is -1.56. The van der Waals surface area contributed by atoms with E-state index in [0.29, 0.717) is 17.5 Å². The molecule has 1 N–H and O–H groups in total. The molecule has 1 heterocycles. The van der Waals surface area contributed by atoms with Gasteiger partial charge in [0.1, 0.15) is 0 Å². The van der Waals surface area contributed by atoms with Gasteiger partial charge in [-0.1, -0.05) is 124 Å². The molecule has 1 aliphatic rings. The molecule has 0 radical (unpaired) electrons. The molecule has 5 rings (SSSR count). The predicted molar refractivity (Wildman–Crippen MR) is 186 cm³/mol. The van der Waals surface area contributed by atoms with E-state index < -0.39 is 8.32 Å². The van der Waals surface area contributed by atoms with Crippen LogP contribution in [-0.4, -0.2) is 26.6 Å². The lowest BCUT2D eigenvalue weighted by atomic mass is 9.96. The van der Waals surface area contributed by atoms with Crippen LogP contribution in [-0.2, 0) is 4.43 Å². The van der Waals surface area contributed by atoms with Crippen molar-refractivity contribution in [1.82, 2.24) is 0 Å². The molecule has 4 heteroatoms. The van der Waals surface area contributed by atoms with Gasteiger partial charge in [-0.05, 0) is 99.1 Å². The van der Waals surface area contributed by atoms with Gasteiger partial charge in [0.25, 0.3) is 0 Å². The smallest absolute Gasteiger partial charge is 0.225 e. The summed E-state index contributed by atoms with van der Waals surface area (Å²) in [6.45, 7) is 14.6. The second-order valence-electron chi connectivity index (χ2n) is 10.8. The number of benzene rings is 4. The van der Waals surface area contributed by atoms with Crippen LogP contribution in [0.1, 0.15) is 59.9 Å². The Balaban J connectivity index is 0.000000168. The molecule has 1 saturated heterocycles. The van der Waals surface area contributed by atoms with E-state index in [9.17, 15) is 0 Å². The third kappa shape index (κ3) is 7.52. The number of hydrogen-bond acceptors (Lipinski definition) is 2. The quantitative estimate of drug-likeness (QED) is 0.170. The molecule has 0 spiro atoms. The van der Waals surface area contributed by atoms with Crippen LogP contribution in [0.5, 0.6) is 0 Å². The van der Waals surface area contributed by atoms with Crippen molar-refractivity contribution in [3.05, 3.63) is 111 Å². The molecule has 4 aromatic carbocycles. The van der Waals surface area contributed by atoms with Crippen molar-refractivity contribution in [2.24, 2.45) is 0 Å². The molecule has 4 aromatic rings. The van der Waals surface area contributed by atoms with Crippen LogP contribution in [0.15, 0.2) is 102 Å². The lowest BCUT2D eigenvalue weighted by Crippen LogP contribution is -2.42. The lowest BCUT2D eigenvalue weighted by molar-refractivity contribution is 0.305. The average molecular weight is 665 g/mol. The third-order valence-electron chi connectivity index (χ3n) is 7.88. The van der Waals surface area contributed by atoms with Gasteiger partial charge >= 0.3 is 0 Å². The van der Waals surface area contributed by atoms with Gasteiger partial charge in [0.2, 0.25) is 8.32 Å². The van der Waals surface area contributed by atoms with E-state index in [1.165, 1.54) is 42.7 Å². The van der Waals surface area contributed by atoms with Crippen molar-refractivity contribution in [2.45, 2.75) is 65.5 Å². The predicted octanol–water partition coefficient (Wildman–Crippen LogP) is 10.7. The monoisotopic (exact) mass is 664 g/mol. The van der Waals surface area contributed by atoms with Gasteiger partial charge in [0.05, 0.1) is 0 Å². The van der Waals surface area contributed by atoms with Gasteiger partial charge in [-0.2, -0.15) is 0 Å². The SMILES string of the molecule is C/C=C(\CCO)c1cccc2ccccc12.C/C=C1\CCO[Si]1(C(C)C)C(C)C.Ic1cccc2ccccc12. The minimum absolute atomic E-state index is 0.197. The van der Waals surface area contributed by atoms with Gasteiger partial charge < -0.3 is 9.53 Å². The summed E-state index contributed by atoms with van der Waals surface area (Å²) in [5, 5.41) is 15.9. The highest BCUT2D eigenvalue weighted by molar-refractivity contribution is 14.1. The molecule has 1 aliphatic heterocycles. The largest absolute Gasteiger partial charge is 0.412 e. The van der Waals surface area contributed by atoms with Crippen molar-refractivity contribution < 1.29 is 9.53 Å². The van der Waals surface area contributed by atoms with Crippen LogP contribution in [0.25, 0.3) is 27.1 Å². The molecule has 212 valence electrons. The van der Waals surface area contributed by atoms with E-state index in [4.69, 9.17) is 9.53 Å². The van der Waals surface area contributed by atoms with E-state index in [1.807, 2.05) is 13.0 Å². The standard InChI is InChI=1S/C15H16O.C11H22OSi.C10H7I/c1-2-12(10-11-16)14-9-5-7-13-6-3-4-8-15(13)14;1-6-11-7-8-12-13(11,9(2)3)10(4)5;11-10-7-3-5-8-4-1-2-6-9(8)10/h2-9,16H,10-11H2,1H3;6,9-10H,7-8H2,1-5H3;1-7H/b12-2+;11-6+;. The zero-order valence-corrected chi connectivity index (χ0v) is 28.1. The lowest BCUT2D eigenvalue weighted by Gasteiger charge is -2.35. The van der Waals surface area contributed by atoms with Crippen LogP contribution in [0.4, 0.5) is 0 Å². The highest BCUT2D eigenvalue weighted by Gasteiger charge is 2.48. The zero-order chi connectivity index (χ0) is 29.1. The van der Waals surface area contributed by atoms with Crippen LogP contribution in [0, 0.1) is 3.57 Å². The summed E-state index contributed by atoms with van der Waals surface area (Å²) < 4.78 is 7.46. The van der Waals surface area contributed by atoms with Crippen LogP contribution >= 0.6 is 22.6 Å². The first-order valence-electron chi connectivity index (χ1n) is 14.5. The Labute approximate surface area is 256 Å². The van der Waals surface area contributed by atoms with Gasteiger partial charge in [-0.25, -0.2) is 0 Å². The average Bonchev–Trinajstić information content (AvgIpc) is 3.43. The fourth-order valence-corrected chi connectivity index (χ4v) is 11.7. The maximum atomic E-state index is 9.06. The number of aliphatic hydroxyl groups is 1. The van der Waals surface area contributed by atoms with E-state index in [-0.39, 0.29) is 6.61 Å². The molecule has 0 bridgehead atoms. The van der Waals surface area contributed by atoms with Crippen molar-refractivity contribution in [3.8, 4) is 0 Å². The Morgan fingerprint density at radius 3 is 1.90 bits per heavy atom. The second kappa shape index (κ2) is 15.7. The van der Waals surface area contributed by atoms with Crippen molar-refractivity contribution in [2.75, 3.05) is 13.2 Å². The van der Waals surface area contributed by atoms with Crippen LogP contribution in [0.2, 0.25) is 11.1 Å². The second-order valence-corrected chi connectivity index (χ2v) is 16.8. The topological polar surface area (TPSA) is 29.5 Å². The first kappa shape index (κ1) is 32.3. The Morgan fingerprint density at radius 2 is 1.38 bits per heavy atom. The van der Waals surface area contributed by atoms with Crippen molar-refractivity contribution in [1.29, 1.82) is 0 Å². The zero-order valence-electron chi connectivity index (χ0n) is 25.0. The number of halogens is 1. The van der Waals surface area contributed by atoms with Gasteiger partial charge in [0.15, 0.2) is 0 Å². The van der Waals surface area contributed by atoms with E-state index in [1.54, 1.807) is 5.20 Å². The number of allylic oxidation sites excluding steroid dienone is 2.